The van der Waals surface area contributed by atoms with E-state index in [-0.39, 0.29) is 5.90 Å². The lowest BCUT2D eigenvalue weighted by atomic mass is 10.2. The van der Waals surface area contributed by atoms with Crippen LogP contribution in [0.25, 0.3) is 0 Å². The van der Waals surface area contributed by atoms with Gasteiger partial charge in [-0.2, -0.15) is 4.73 Å². The van der Waals surface area contributed by atoms with Gasteiger partial charge in [0.1, 0.15) is 6.33 Å². The van der Waals surface area contributed by atoms with Crippen LogP contribution in [0.5, 0.6) is 0 Å². The molecule has 0 amide bonds. The van der Waals surface area contributed by atoms with Gasteiger partial charge in [-0.1, -0.05) is 18.2 Å². The maximum Gasteiger partial charge on any atom is 0.246 e. The van der Waals surface area contributed by atoms with Crippen LogP contribution in [0.3, 0.4) is 0 Å². The number of hydrogen-bond donors (Lipinski definition) is 1. The second-order valence-corrected chi connectivity index (χ2v) is 2.71. The van der Waals surface area contributed by atoms with Crippen molar-refractivity contribution in [1.29, 1.82) is 5.41 Å². The molecule has 0 unspecified atom stereocenters. The molecule has 2 aromatic rings. The van der Waals surface area contributed by atoms with Gasteiger partial charge in [0, 0.05) is 11.8 Å². The molecular formula is C10H9N3O. The molecule has 4 nitrogen and oxygen atoms in total. The Morgan fingerprint density at radius 1 is 1.29 bits per heavy atom. The summed E-state index contributed by atoms with van der Waals surface area (Å²) in [5, 5.41) is 7.64. The van der Waals surface area contributed by atoms with E-state index < -0.39 is 0 Å². The number of benzene rings is 1. The molecule has 0 spiro atoms. The summed E-state index contributed by atoms with van der Waals surface area (Å²) in [7, 11) is 0. The summed E-state index contributed by atoms with van der Waals surface area (Å²) in [5.74, 6) is 0.101. The zero-order chi connectivity index (χ0) is 9.80. The van der Waals surface area contributed by atoms with E-state index in [4.69, 9.17) is 10.2 Å². The van der Waals surface area contributed by atoms with Gasteiger partial charge in [0.25, 0.3) is 0 Å². The predicted octanol–water partition coefficient (Wildman–Crippen LogP) is 1.34. The molecule has 0 aliphatic carbocycles. The highest BCUT2D eigenvalue weighted by Crippen LogP contribution is 1.98. The molecule has 2 rings (SSSR count). The Labute approximate surface area is 81.2 Å². The average Bonchev–Trinajstić information content (AvgIpc) is 2.72. The Morgan fingerprint density at radius 2 is 2.07 bits per heavy atom. The summed E-state index contributed by atoms with van der Waals surface area (Å²) in [4.78, 5) is 8.99. The molecule has 1 aromatic heterocycles. The molecule has 0 aliphatic rings. The summed E-state index contributed by atoms with van der Waals surface area (Å²) in [6.07, 6.45) is 4.73. The number of imidazole rings is 1. The van der Waals surface area contributed by atoms with E-state index in [9.17, 15) is 0 Å². The van der Waals surface area contributed by atoms with E-state index in [2.05, 4.69) is 4.98 Å². The molecule has 14 heavy (non-hydrogen) atoms. The van der Waals surface area contributed by atoms with E-state index in [1.807, 2.05) is 30.3 Å². The van der Waals surface area contributed by atoms with Gasteiger partial charge in [-0.05, 0) is 12.1 Å². The first kappa shape index (κ1) is 8.50. The summed E-state index contributed by atoms with van der Waals surface area (Å²) in [6.45, 7) is 0. The molecule has 0 radical (unpaired) electrons. The standard InChI is InChI=1S/C10H9N3O/c11-10(9-4-2-1-3-5-9)14-13-7-6-12-8-13/h1-8,11H. The smallest absolute Gasteiger partial charge is 0.246 e. The van der Waals surface area contributed by atoms with Crippen molar-refractivity contribution in [1.82, 2.24) is 9.71 Å². The monoisotopic (exact) mass is 187 g/mol. The molecule has 1 N–H and O–H groups in total. The lowest BCUT2D eigenvalue weighted by molar-refractivity contribution is 0.260. The molecule has 4 heteroatoms. The summed E-state index contributed by atoms with van der Waals surface area (Å²) < 4.78 is 1.38. The van der Waals surface area contributed by atoms with E-state index in [0.717, 1.165) is 5.56 Å². The molecule has 0 saturated carbocycles. The number of nitrogens with zero attached hydrogens (tertiary/aromatic N) is 2. The highest BCUT2D eigenvalue weighted by molar-refractivity contribution is 5.91. The number of nitrogens with one attached hydrogen (secondary N) is 1. The molecule has 0 saturated heterocycles. The lowest BCUT2D eigenvalue weighted by Gasteiger charge is -2.05. The molecule has 0 atom stereocenters. The van der Waals surface area contributed by atoms with Gasteiger partial charge in [0.2, 0.25) is 5.90 Å². The second kappa shape index (κ2) is 3.74. The highest BCUT2D eigenvalue weighted by atomic mass is 16.7. The quantitative estimate of drug-likeness (QED) is 0.569. The maximum absolute atomic E-state index is 7.64. The van der Waals surface area contributed by atoms with Crippen molar-refractivity contribution in [3.05, 3.63) is 54.6 Å². The summed E-state index contributed by atoms with van der Waals surface area (Å²) in [6, 6.07) is 9.26. The van der Waals surface area contributed by atoms with Crippen LogP contribution in [0.1, 0.15) is 5.56 Å². The second-order valence-electron chi connectivity index (χ2n) is 2.71. The first-order valence-corrected chi connectivity index (χ1v) is 4.16. The summed E-state index contributed by atoms with van der Waals surface area (Å²) in [5.41, 5.74) is 0.737. The Balaban J connectivity index is 2.11. The first-order chi connectivity index (χ1) is 6.86. The van der Waals surface area contributed by atoms with Crippen molar-refractivity contribution in [2.45, 2.75) is 0 Å². The van der Waals surface area contributed by atoms with Crippen LogP contribution >= 0.6 is 0 Å². The summed E-state index contributed by atoms with van der Waals surface area (Å²) >= 11 is 0. The lowest BCUT2D eigenvalue weighted by Crippen LogP contribution is -2.18. The van der Waals surface area contributed by atoms with Crippen molar-refractivity contribution < 1.29 is 4.84 Å². The van der Waals surface area contributed by atoms with Crippen molar-refractivity contribution in [2.75, 3.05) is 0 Å². The molecule has 1 heterocycles. The average molecular weight is 187 g/mol. The fraction of sp³-hybridized carbons (Fsp3) is 0. The van der Waals surface area contributed by atoms with E-state index in [1.165, 1.54) is 11.1 Å². The van der Waals surface area contributed by atoms with Gasteiger partial charge >= 0.3 is 0 Å². The first-order valence-electron chi connectivity index (χ1n) is 4.16. The Morgan fingerprint density at radius 3 is 2.71 bits per heavy atom. The molecule has 1 aromatic carbocycles. The van der Waals surface area contributed by atoms with Crippen molar-refractivity contribution in [3.63, 3.8) is 0 Å². The third kappa shape index (κ3) is 1.80. The Hall–Kier alpha value is -2.10. The predicted molar refractivity (Wildman–Crippen MR) is 52.1 cm³/mol. The SMILES string of the molecule is N=C(On1ccnc1)c1ccccc1. The number of aromatic nitrogens is 2. The van der Waals surface area contributed by atoms with E-state index in [0.29, 0.717) is 0 Å². The fourth-order valence-corrected chi connectivity index (χ4v) is 1.05. The van der Waals surface area contributed by atoms with Crippen molar-refractivity contribution >= 4 is 5.90 Å². The van der Waals surface area contributed by atoms with Gasteiger partial charge in [0.05, 0.1) is 6.20 Å². The largest absolute Gasteiger partial charge is 0.354 e. The van der Waals surface area contributed by atoms with Gasteiger partial charge in [-0.25, -0.2) is 4.98 Å². The normalized spacial score (nSPS) is 9.71. The van der Waals surface area contributed by atoms with Gasteiger partial charge < -0.3 is 4.84 Å². The maximum atomic E-state index is 7.64. The fourth-order valence-electron chi connectivity index (χ4n) is 1.05. The molecule has 0 aliphatic heterocycles. The van der Waals surface area contributed by atoms with Gasteiger partial charge in [0.15, 0.2) is 0 Å². The van der Waals surface area contributed by atoms with E-state index in [1.54, 1.807) is 12.4 Å². The topological polar surface area (TPSA) is 50.9 Å². The third-order valence-corrected chi connectivity index (χ3v) is 1.71. The van der Waals surface area contributed by atoms with Crippen LogP contribution in [-0.2, 0) is 0 Å². The Kier molecular flexibility index (Phi) is 2.27. The van der Waals surface area contributed by atoms with Crippen LogP contribution in [0, 0.1) is 5.41 Å². The van der Waals surface area contributed by atoms with Crippen LogP contribution in [-0.4, -0.2) is 15.6 Å². The zero-order valence-corrected chi connectivity index (χ0v) is 7.42. The number of rotatable bonds is 2. The van der Waals surface area contributed by atoms with Crippen LogP contribution in [0.2, 0.25) is 0 Å². The van der Waals surface area contributed by atoms with Crippen molar-refractivity contribution in [3.8, 4) is 0 Å². The van der Waals surface area contributed by atoms with Crippen molar-refractivity contribution in [2.24, 2.45) is 0 Å². The highest BCUT2D eigenvalue weighted by Gasteiger charge is 2.01. The number of hydrogen-bond acceptors (Lipinski definition) is 3. The molecule has 70 valence electrons. The van der Waals surface area contributed by atoms with E-state index >= 15 is 0 Å². The van der Waals surface area contributed by atoms with Crippen LogP contribution in [0.15, 0.2) is 49.1 Å². The molecular weight excluding hydrogens is 178 g/mol. The molecule has 0 bridgehead atoms. The van der Waals surface area contributed by atoms with Gasteiger partial charge in [-0.15, -0.1) is 0 Å². The zero-order valence-electron chi connectivity index (χ0n) is 7.42. The minimum absolute atomic E-state index is 0.101. The van der Waals surface area contributed by atoms with Gasteiger partial charge in [-0.3, -0.25) is 5.41 Å². The van der Waals surface area contributed by atoms with Crippen LogP contribution < -0.4 is 4.84 Å². The van der Waals surface area contributed by atoms with Crippen LogP contribution in [0.4, 0.5) is 0 Å². The third-order valence-electron chi connectivity index (χ3n) is 1.71. The Bertz CT molecular complexity index is 408. The minimum Gasteiger partial charge on any atom is -0.354 e. The molecule has 0 fully saturated rings. The minimum atomic E-state index is 0.101.